The minimum Gasteiger partial charge on any atom is -0.496 e. The number of carbonyl (C=O) groups is 2. The van der Waals surface area contributed by atoms with Crippen molar-refractivity contribution < 1.29 is 22.7 Å². The van der Waals surface area contributed by atoms with Crippen molar-refractivity contribution in [3.63, 3.8) is 0 Å². The lowest BCUT2D eigenvalue weighted by Gasteiger charge is -2.33. The normalized spacial score (nSPS) is 11.8. The highest BCUT2D eigenvalue weighted by molar-refractivity contribution is 9.10. The van der Waals surface area contributed by atoms with E-state index in [4.69, 9.17) is 16.3 Å². The Morgan fingerprint density at radius 3 is 2.18 bits per heavy atom. The number of aryl methyl sites for hydroxylation is 1. The lowest BCUT2D eigenvalue weighted by molar-refractivity contribution is -0.139. The Balaban J connectivity index is 1.79. The molecule has 2 amide bonds. The summed E-state index contributed by atoms with van der Waals surface area (Å²) in [6.07, 6.45) is 0.225. The number of hydrogen-bond acceptors (Lipinski definition) is 5. The van der Waals surface area contributed by atoms with Crippen LogP contribution in [-0.2, 0) is 32.6 Å². The molecule has 44 heavy (non-hydrogen) atoms. The maximum Gasteiger partial charge on any atom is 0.264 e. The average molecular weight is 699 g/mol. The summed E-state index contributed by atoms with van der Waals surface area (Å²) in [6.45, 7) is 1.39. The highest BCUT2D eigenvalue weighted by Gasteiger charge is 2.34. The Bertz CT molecular complexity index is 1700. The number of anilines is 1. The molecule has 0 spiro atoms. The molecule has 0 aliphatic carbocycles. The van der Waals surface area contributed by atoms with E-state index in [0.717, 1.165) is 21.0 Å². The first-order chi connectivity index (χ1) is 21.0. The van der Waals surface area contributed by atoms with Crippen molar-refractivity contribution in [2.75, 3.05) is 25.0 Å². The predicted octanol–water partition coefficient (Wildman–Crippen LogP) is 6.00. The highest BCUT2D eigenvalue weighted by Crippen LogP contribution is 2.31. The van der Waals surface area contributed by atoms with Gasteiger partial charge < -0.3 is 15.0 Å². The molecule has 0 saturated heterocycles. The zero-order valence-electron chi connectivity index (χ0n) is 24.5. The Hall–Kier alpha value is -3.86. The minimum absolute atomic E-state index is 0.0325. The maximum atomic E-state index is 14.3. The molecule has 0 radical (unpaired) electrons. The molecule has 0 aromatic heterocycles. The molecule has 0 fully saturated rings. The van der Waals surface area contributed by atoms with Crippen LogP contribution in [0.1, 0.15) is 16.7 Å². The second-order valence-electron chi connectivity index (χ2n) is 10.1. The lowest BCUT2D eigenvalue weighted by Crippen LogP contribution is -2.53. The minimum atomic E-state index is -4.25. The zero-order chi connectivity index (χ0) is 31.9. The van der Waals surface area contributed by atoms with Gasteiger partial charge in [-0.25, -0.2) is 8.42 Å². The topological polar surface area (TPSA) is 96.0 Å². The Labute approximate surface area is 271 Å². The Kier molecular flexibility index (Phi) is 11.1. The van der Waals surface area contributed by atoms with E-state index in [2.05, 4.69) is 21.2 Å². The summed E-state index contributed by atoms with van der Waals surface area (Å²) in [5.41, 5.74) is 2.81. The molecule has 0 bridgehead atoms. The monoisotopic (exact) mass is 697 g/mol. The number of sulfonamides is 1. The van der Waals surface area contributed by atoms with Gasteiger partial charge >= 0.3 is 0 Å². The molecular weight excluding hydrogens is 666 g/mol. The third-order valence-electron chi connectivity index (χ3n) is 7.10. The quantitative estimate of drug-likeness (QED) is 0.196. The van der Waals surface area contributed by atoms with E-state index in [9.17, 15) is 18.0 Å². The summed E-state index contributed by atoms with van der Waals surface area (Å²) >= 11 is 9.48. The van der Waals surface area contributed by atoms with Gasteiger partial charge in [-0.1, -0.05) is 71.8 Å². The van der Waals surface area contributed by atoms with E-state index < -0.39 is 28.5 Å². The van der Waals surface area contributed by atoms with Gasteiger partial charge in [-0.3, -0.25) is 13.9 Å². The third kappa shape index (κ3) is 7.99. The molecular formula is C33H33BrClN3O5S. The van der Waals surface area contributed by atoms with Gasteiger partial charge in [0, 0.05) is 25.0 Å². The molecule has 4 aromatic carbocycles. The van der Waals surface area contributed by atoms with Crippen molar-refractivity contribution in [3.8, 4) is 5.75 Å². The van der Waals surface area contributed by atoms with Crippen LogP contribution in [0.2, 0.25) is 5.02 Å². The molecule has 0 heterocycles. The van der Waals surface area contributed by atoms with Gasteiger partial charge in [0.05, 0.1) is 22.2 Å². The van der Waals surface area contributed by atoms with Crippen LogP contribution >= 0.6 is 27.5 Å². The van der Waals surface area contributed by atoms with E-state index >= 15 is 0 Å². The van der Waals surface area contributed by atoms with E-state index in [1.807, 2.05) is 37.3 Å². The molecule has 230 valence electrons. The maximum absolute atomic E-state index is 14.3. The van der Waals surface area contributed by atoms with Crippen LogP contribution in [0.4, 0.5) is 5.69 Å². The fourth-order valence-electron chi connectivity index (χ4n) is 4.68. The highest BCUT2D eigenvalue weighted by atomic mass is 79.9. The van der Waals surface area contributed by atoms with Crippen molar-refractivity contribution in [1.29, 1.82) is 0 Å². The largest absolute Gasteiger partial charge is 0.496 e. The second kappa shape index (κ2) is 14.7. The summed E-state index contributed by atoms with van der Waals surface area (Å²) in [5.74, 6) is -0.466. The molecule has 4 rings (SSSR count). The van der Waals surface area contributed by atoms with E-state index in [-0.39, 0.29) is 23.8 Å². The summed E-state index contributed by atoms with van der Waals surface area (Å²) in [6, 6.07) is 26.7. The van der Waals surface area contributed by atoms with Crippen LogP contribution in [0.15, 0.2) is 106 Å². The number of benzene rings is 4. The van der Waals surface area contributed by atoms with Crippen LogP contribution in [-0.4, -0.2) is 51.9 Å². The Morgan fingerprint density at radius 2 is 1.59 bits per heavy atom. The molecule has 0 saturated carbocycles. The standard InChI is InChI=1S/C33H33BrClN3O5S/c1-23-9-15-27(16-10-23)38(44(41,42)28-17-18-31(43-3)29(34)20-28)22-32(39)37(21-25-11-13-26(35)14-12-25)30(33(40)36-2)19-24-7-5-4-6-8-24/h4-18,20,30H,19,21-22H2,1-3H3,(H,36,40). The fourth-order valence-corrected chi connectivity index (χ4v) is 6.94. The molecule has 1 N–H and O–H groups in total. The second-order valence-corrected chi connectivity index (χ2v) is 13.3. The van der Waals surface area contributed by atoms with Crippen LogP contribution in [0.5, 0.6) is 5.75 Å². The summed E-state index contributed by atoms with van der Waals surface area (Å²) in [4.78, 5) is 29.1. The van der Waals surface area contributed by atoms with Gasteiger partial charge in [-0.05, 0) is 76.4 Å². The van der Waals surface area contributed by atoms with Gasteiger partial charge in [0.1, 0.15) is 18.3 Å². The van der Waals surface area contributed by atoms with Crippen molar-refractivity contribution >= 4 is 55.1 Å². The molecule has 0 aliphatic rings. The first kappa shape index (κ1) is 33.0. The number of methoxy groups -OCH3 is 1. The smallest absolute Gasteiger partial charge is 0.264 e. The zero-order valence-corrected chi connectivity index (χ0v) is 27.7. The number of hydrogen-bond donors (Lipinski definition) is 1. The first-order valence-electron chi connectivity index (χ1n) is 13.8. The molecule has 0 aliphatic heterocycles. The van der Waals surface area contributed by atoms with Gasteiger partial charge in [0.2, 0.25) is 11.8 Å². The van der Waals surface area contributed by atoms with Crippen molar-refractivity contribution in [3.05, 3.63) is 123 Å². The predicted molar refractivity (Wildman–Crippen MR) is 176 cm³/mol. The van der Waals surface area contributed by atoms with E-state index in [0.29, 0.717) is 20.9 Å². The SMILES string of the molecule is CNC(=O)C(Cc1ccccc1)N(Cc1ccc(Cl)cc1)C(=O)CN(c1ccc(C)cc1)S(=O)(=O)c1ccc(OC)c(Br)c1. The lowest BCUT2D eigenvalue weighted by atomic mass is 10.0. The summed E-state index contributed by atoms with van der Waals surface area (Å²) in [5, 5.41) is 3.21. The number of halogens is 2. The van der Waals surface area contributed by atoms with E-state index in [1.54, 1.807) is 54.6 Å². The number of amides is 2. The van der Waals surface area contributed by atoms with Gasteiger partial charge in [-0.15, -0.1) is 0 Å². The molecule has 8 nitrogen and oxygen atoms in total. The number of ether oxygens (including phenoxy) is 1. The molecule has 11 heteroatoms. The van der Waals surface area contributed by atoms with E-state index in [1.165, 1.54) is 31.2 Å². The number of nitrogens with zero attached hydrogens (tertiary/aromatic N) is 2. The van der Waals surface area contributed by atoms with Crippen molar-refractivity contribution in [1.82, 2.24) is 10.2 Å². The first-order valence-corrected chi connectivity index (χ1v) is 16.4. The Morgan fingerprint density at radius 1 is 0.932 bits per heavy atom. The number of nitrogens with one attached hydrogen (secondary N) is 1. The van der Waals surface area contributed by atoms with Crippen molar-refractivity contribution in [2.45, 2.75) is 30.8 Å². The molecule has 1 unspecified atom stereocenters. The van der Waals surface area contributed by atoms with Crippen LogP contribution in [0.3, 0.4) is 0 Å². The van der Waals surface area contributed by atoms with Crippen LogP contribution in [0.25, 0.3) is 0 Å². The van der Waals surface area contributed by atoms with Crippen LogP contribution < -0.4 is 14.4 Å². The molecule has 1 atom stereocenters. The van der Waals surface area contributed by atoms with Gasteiger partial charge in [-0.2, -0.15) is 0 Å². The third-order valence-corrected chi connectivity index (χ3v) is 9.74. The fraction of sp³-hybridized carbons (Fsp3) is 0.212. The average Bonchev–Trinajstić information content (AvgIpc) is 3.02. The number of carbonyl (C=O) groups excluding carboxylic acids is 2. The van der Waals surface area contributed by atoms with Crippen molar-refractivity contribution in [2.24, 2.45) is 0 Å². The summed E-state index contributed by atoms with van der Waals surface area (Å²) in [7, 11) is -1.25. The van der Waals surface area contributed by atoms with Gasteiger partial charge in [0.15, 0.2) is 0 Å². The molecule has 4 aromatic rings. The summed E-state index contributed by atoms with van der Waals surface area (Å²) < 4.78 is 35.1. The van der Waals surface area contributed by atoms with Gasteiger partial charge in [0.25, 0.3) is 10.0 Å². The van der Waals surface area contributed by atoms with Crippen LogP contribution in [0, 0.1) is 6.92 Å². The number of rotatable bonds is 12. The number of likely N-dealkylation sites (N-methyl/N-ethyl adjacent to an activating group) is 1.